The molecule has 1 fully saturated rings. The van der Waals surface area contributed by atoms with E-state index in [9.17, 15) is 0 Å². The molecule has 5 heteroatoms. The van der Waals surface area contributed by atoms with Gasteiger partial charge in [-0.05, 0) is 43.0 Å². The van der Waals surface area contributed by atoms with Gasteiger partial charge in [0.25, 0.3) is 0 Å². The van der Waals surface area contributed by atoms with Crippen LogP contribution >= 0.6 is 23.8 Å². The van der Waals surface area contributed by atoms with Crippen molar-refractivity contribution in [3.63, 3.8) is 0 Å². The van der Waals surface area contributed by atoms with Crippen molar-refractivity contribution in [2.24, 2.45) is 5.41 Å². The van der Waals surface area contributed by atoms with Gasteiger partial charge in [-0.25, -0.2) is 4.98 Å². The molecule has 0 unspecified atom stereocenters. The Balaban J connectivity index is 2.09. The third kappa shape index (κ3) is 1.89. The highest BCUT2D eigenvalue weighted by molar-refractivity contribution is 7.71. The zero-order chi connectivity index (χ0) is 12.0. The molecule has 0 aromatic carbocycles. The highest BCUT2D eigenvalue weighted by Gasteiger charge is 2.41. The number of fused-ring (bicyclic) bond motifs is 1. The molecule has 0 atom stereocenters. The zero-order valence-corrected chi connectivity index (χ0v) is 11.2. The number of aromatic nitrogens is 3. The molecule has 1 aliphatic carbocycles. The Morgan fingerprint density at radius 1 is 1.59 bits per heavy atom. The van der Waals surface area contributed by atoms with Crippen LogP contribution in [-0.2, 0) is 6.54 Å². The molecule has 0 aliphatic heterocycles. The Morgan fingerprint density at radius 2 is 2.35 bits per heavy atom. The summed E-state index contributed by atoms with van der Waals surface area (Å²) >= 11 is 11.3. The van der Waals surface area contributed by atoms with Crippen molar-refractivity contribution in [2.75, 3.05) is 0 Å². The Morgan fingerprint density at radius 3 is 3.00 bits per heavy atom. The van der Waals surface area contributed by atoms with Crippen LogP contribution in [0, 0.1) is 10.2 Å². The van der Waals surface area contributed by atoms with Crippen LogP contribution in [0.4, 0.5) is 0 Å². The van der Waals surface area contributed by atoms with Gasteiger partial charge >= 0.3 is 0 Å². The summed E-state index contributed by atoms with van der Waals surface area (Å²) in [5.41, 5.74) is 2.29. The molecule has 0 spiro atoms. The standard InChI is InChI=1S/C12H14ClN3S/c1-2-12(3-4-12)7-16-10-9(15-11(16)17)5-8(13)6-14-10/h5-6H,2-4,7H2,1H3,(H,15,17). The molecular weight excluding hydrogens is 254 g/mol. The highest BCUT2D eigenvalue weighted by atomic mass is 35.5. The van der Waals surface area contributed by atoms with E-state index in [0.29, 0.717) is 10.4 Å². The summed E-state index contributed by atoms with van der Waals surface area (Å²) in [6, 6.07) is 1.88. The summed E-state index contributed by atoms with van der Waals surface area (Å²) < 4.78 is 2.85. The van der Waals surface area contributed by atoms with Crippen molar-refractivity contribution in [3.05, 3.63) is 22.1 Å². The smallest absolute Gasteiger partial charge is 0.179 e. The van der Waals surface area contributed by atoms with Crippen molar-refractivity contribution >= 4 is 35.0 Å². The zero-order valence-electron chi connectivity index (χ0n) is 9.66. The van der Waals surface area contributed by atoms with Crippen LogP contribution in [0.5, 0.6) is 0 Å². The van der Waals surface area contributed by atoms with Crippen molar-refractivity contribution < 1.29 is 0 Å². The van der Waals surface area contributed by atoms with Gasteiger partial charge in [0.2, 0.25) is 0 Å². The van der Waals surface area contributed by atoms with Crippen LogP contribution < -0.4 is 0 Å². The second-order valence-electron chi connectivity index (χ2n) is 4.89. The van der Waals surface area contributed by atoms with Crippen LogP contribution in [0.15, 0.2) is 12.3 Å². The van der Waals surface area contributed by atoms with E-state index in [1.54, 1.807) is 6.20 Å². The van der Waals surface area contributed by atoms with Gasteiger partial charge < -0.3 is 9.55 Å². The molecule has 1 N–H and O–H groups in total. The lowest BCUT2D eigenvalue weighted by Crippen LogP contribution is -2.11. The first kappa shape index (κ1) is 11.2. The van der Waals surface area contributed by atoms with Crippen molar-refractivity contribution in [2.45, 2.75) is 32.7 Å². The van der Waals surface area contributed by atoms with Gasteiger partial charge in [-0.3, -0.25) is 0 Å². The monoisotopic (exact) mass is 267 g/mol. The van der Waals surface area contributed by atoms with Crippen molar-refractivity contribution in [1.29, 1.82) is 0 Å². The number of hydrogen-bond acceptors (Lipinski definition) is 2. The summed E-state index contributed by atoms with van der Waals surface area (Å²) in [6.07, 6.45) is 5.47. The maximum atomic E-state index is 5.93. The van der Waals surface area contributed by atoms with E-state index >= 15 is 0 Å². The number of hydrogen-bond donors (Lipinski definition) is 1. The minimum Gasteiger partial charge on any atom is -0.329 e. The van der Waals surface area contributed by atoms with E-state index in [0.717, 1.165) is 22.5 Å². The molecule has 0 radical (unpaired) electrons. The van der Waals surface area contributed by atoms with Gasteiger partial charge in [0.1, 0.15) is 0 Å². The Labute approximate surface area is 110 Å². The van der Waals surface area contributed by atoms with E-state index in [2.05, 4.69) is 21.5 Å². The number of nitrogens with one attached hydrogen (secondary N) is 1. The SMILES string of the molecule is CCC1(Cn2c(=S)[nH]c3cc(Cl)cnc32)CC1. The number of nitrogens with zero attached hydrogens (tertiary/aromatic N) is 2. The number of halogens is 1. The first-order chi connectivity index (χ1) is 8.13. The first-order valence-electron chi connectivity index (χ1n) is 5.88. The van der Waals surface area contributed by atoms with Crippen LogP contribution in [0.2, 0.25) is 5.02 Å². The second-order valence-corrected chi connectivity index (χ2v) is 5.72. The average Bonchev–Trinajstić information content (AvgIpc) is 3.01. The van der Waals surface area contributed by atoms with Crippen molar-refractivity contribution in [3.8, 4) is 0 Å². The summed E-state index contributed by atoms with van der Waals surface area (Å²) in [7, 11) is 0. The normalized spacial score (nSPS) is 17.5. The number of aromatic amines is 1. The topological polar surface area (TPSA) is 33.6 Å². The molecular formula is C12H14ClN3S. The molecule has 3 nitrogen and oxygen atoms in total. The van der Waals surface area contributed by atoms with Gasteiger partial charge in [0.15, 0.2) is 10.4 Å². The maximum absolute atomic E-state index is 5.93. The molecule has 3 rings (SSSR count). The Kier molecular flexibility index (Phi) is 2.52. The van der Waals surface area contributed by atoms with E-state index in [1.807, 2.05) is 6.07 Å². The first-order valence-corrected chi connectivity index (χ1v) is 6.66. The Bertz CT molecular complexity index is 624. The largest absolute Gasteiger partial charge is 0.329 e. The summed E-state index contributed by atoms with van der Waals surface area (Å²) in [5, 5.41) is 0.637. The summed E-state index contributed by atoms with van der Waals surface area (Å²) in [4.78, 5) is 7.55. The molecule has 2 heterocycles. The van der Waals surface area contributed by atoms with Gasteiger partial charge in [-0.2, -0.15) is 0 Å². The molecule has 17 heavy (non-hydrogen) atoms. The van der Waals surface area contributed by atoms with E-state index in [1.165, 1.54) is 19.3 Å². The van der Waals surface area contributed by atoms with E-state index < -0.39 is 0 Å². The lowest BCUT2D eigenvalue weighted by atomic mass is 10.0. The average molecular weight is 268 g/mol. The van der Waals surface area contributed by atoms with Gasteiger partial charge in [-0.1, -0.05) is 18.5 Å². The predicted molar refractivity (Wildman–Crippen MR) is 71.9 cm³/mol. The van der Waals surface area contributed by atoms with E-state index in [4.69, 9.17) is 23.8 Å². The second kappa shape index (κ2) is 3.82. The number of imidazole rings is 1. The fraction of sp³-hybridized carbons (Fsp3) is 0.500. The van der Waals surface area contributed by atoms with Crippen LogP contribution in [0.25, 0.3) is 11.2 Å². The molecule has 90 valence electrons. The molecule has 0 amide bonds. The minimum absolute atomic E-state index is 0.453. The molecule has 0 saturated heterocycles. The molecule has 2 aromatic rings. The maximum Gasteiger partial charge on any atom is 0.179 e. The summed E-state index contributed by atoms with van der Waals surface area (Å²) in [6.45, 7) is 3.21. The van der Waals surface area contributed by atoms with Gasteiger partial charge in [0, 0.05) is 12.7 Å². The van der Waals surface area contributed by atoms with Gasteiger partial charge in [-0.15, -0.1) is 0 Å². The van der Waals surface area contributed by atoms with Crippen LogP contribution in [-0.4, -0.2) is 14.5 Å². The molecule has 0 bridgehead atoms. The lowest BCUT2D eigenvalue weighted by molar-refractivity contribution is 0.411. The predicted octanol–water partition coefficient (Wildman–Crippen LogP) is 3.94. The third-order valence-electron chi connectivity index (χ3n) is 3.78. The number of pyridine rings is 1. The molecule has 2 aromatic heterocycles. The van der Waals surface area contributed by atoms with Gasteiger partial charge in [0.05, 0.1) is 10.5 Å². The highest BCUT2D eigenvalue weighted by Crippen LogP contribution is 2.50. The van der Waals surface area contributed by atoms with E-state index in [-0.39, 0.29) is 0 Å². The third-order valence-corrected chi connectivity index (χ3v) is 4.31. The quantitative estimate of drug-likeness (QED) is 0.855. The van der Waals surface area contributed by atoms with Crippen LogP contribution in [0.3, 0.4) is 0 Å². The van der Waals surface area contributed by atoms with Crippen LogP contribution in [0.1, 0.15) is 26.2 Å². The molecule has 1 saturated carbocycles. The fourth-order valence-corrected chi connectivity index (χ4v) is 2.72. The number of rotatable bonds is 3. The molecule has 1 aliphatic rings. The summed E-state index contributed by atoms with van der Waals surface area (Å²) in [5.74, 6) is 0. The Hall–Kier alpha value is -0.870. The lowest BCUT2D eigenvalue weighted by Gasteiger charge is -2.13. The van der Waals surface area contributed by atoms with Crippen molar-refractivity contribution in [1.82, 2.24) is 14.5 Å². The minimum atomic E-state index is 0.453. The number of H-pyrrole nitrogens is 1. The fourth-order valence-electron chi connectivity index (χ4n) is 2.30.